The summed E-state index contributed by atoms with van der Waals surface area (Å²) in [7, 11) is 1.85. The van der Waals surface area contributed by atoms with Crippen LogP contribution in [0.3, 0.4) is 0 Å². The molecule has 1 unspecified atom stereocenters. The zero-order chi connectivity index (χ0) is 13.7. The summed E-state index contributed by atoms with van der Waals surface area (Å²) < 4.78 is 0.681. The molecule has 100 valence electrons. The van der Waals surface area contributed by atoms with E-state index in [0.717, 1.165) is 12.2 Å². The normalized spacial score (nSPS) is 12.2. The van der Waals surface area contributed by atoms with Gasteiger partial charge in [0.2, 0.25) is 0 Å². The van der Waals surface area contributed by atoms with Crippen LogP contribution in [0.1, 0.15) is 23.7 Å². The van der Waals surface area contributed by atoms with Gasteiger partial charge in [-0.2, -0.15) is 11.8 Å². The molecule has 0 bridgehead atoms. The maximum absolute atomic E-state index is 12.4. The number of nitrogens with two attached hydrogens (primary N) is 1. The molecule has 0 fully saturated rings. The van der Waals surface area contributed by atoms with Crippen LogP contribution in [0, 0.1) is 0 Å². The third-order valence-electron chi connectivity index (χ3n) is 2.96. The van der Waals surface area contributed by atoms with Crippen molar-refractivity contribution in [2.24, 2.45) is 0 Å². The number of thioether (sulfide) groups is 1. The number of amides is 1. The van der Waals surface area contributed by atoms with Gasteiger partial charge in [-0.1, -0.05) is 13.0 Å². The Morgan fingerprint density at radius 1 is 1.56 bits per heavy atom. The monoisotopic (exact) mass is 330 g/mol. The number of anilines is 1. The van der Waals surface area contributed by atoms with Gasteiger partial charge < -0.3 is 10.6 Å². The van der Waals surface area contributed by atoms with Gasteiger partial charge >= 0.3 is 0 Å². The lowest BCUT2D eigenvalue weighted by molar-refractivity contribution is 0.0743. The molecule has 1 atom stereocenters. The fraction of sp³-hybridized carbons (Fsp3) is 0.462. The highest BCUT2D eigenvalue weighted by Crippen LogP contribution is 2.25. The highest BCUT2D eigenvalue weighted by molar-refractivity contribution is 9.10. The summed E-state index contributed by atoms with van der Waals surface area (Å²) in [6.45, 7) is 2.10. The predicted molar refractivity (Wildman–Crippen MR) is 83.1 cm³/mol. The van der Waals surface area contributed by atoms with E-state index in [1.54, 1.807) is 34.9 Å². The van der Waals surface area contributed by atoms with Crippen LogP contribution < -0.4 is 5.73 Å². The highest BCUT2D eigenvalue weighted by atomic mass is 79.9. The van der Waals surface area contributed by atoms with Gasteiger partial charge in [0.25, 0.3) is 5.91 Å². The SMILES string of the molecule is CCC(CSC)N(C)C(=O)c1cccc(N)c1Br. The minimum Gasteiger partial charge on any atom is -0.398 e. The molecule has 1 amide bonds. The number of hydrogen-bond donors (Lipinski definition) is 1. The number of carbonyl (C=O) groups excluding carboxylic acids is 1. The molecule has 0 aromatic heterocycles. The zero-order valence-corrected chi connectivity index (χ0v) is 13.3. The number of benzene rings is 1. The molecule has 5 heteroatoms. The summed E-state index contributed by atoms with van der Waals surface area (Å²) in [5, 5.41) is 0. The number of carbonyl (C=O) groups is 1. The molecule has 1 rings (SSSR count). The molecule has 0 aliphatic heterocycles. The van der Waals surface area contributed by atoms with Crippen molar-refractivity contribution >= 4 is 39.3 Å². The van der Waals surface area contributed by atoms with Crippen molar-refractivity contribution in [3.63, 3.8) is 0 Å². The quantitative estimate of drug-likeness (QED) is 0.843. The predicted octanol–water partition coefficient (Wildman–Crippen LogP) is 3.24. The zero-order valence-electron chi connectivity index (χ0n) is 10.9. The lowest BCUT2D eigenvalue weighted by Gasteiger charge is -2.27. The second-order valence-electron chi connectivity index (χ2n) is 4.14. The number of nitrogen functional groups attached to an aromatic ring is 1. The van der Waals surface area contributed by atoms with Crippen molar-refractivity contribution in [3.8, 4) is 0 Å². The van der Waals surface area contributed by atoms with E-state index in [0.29, 0.717) is 15.7 Å². The second kappa shape index (κ2) is 7.04. The van der Waals surface area contributed by atoms with Crippen LogP contribution >= 0.6 is 27.7 Å². The van der Waals surface area contributed by atoms with Gasteiger partial charge in [0.15, 0.2) is 0 Å². The van der Waals surface area contributed by atoms with Crippen molar-refractivity contribution in [2.75, 3.05) is 24.8 Å². The highest BCUT2D eigenvalue weighted by Gasteiger charge is 2.21. The topological polar surface area (TPSA) is 46.3 Å². The molecule has 18 heavy (non-hydrogen) atoms. The van der Waals surface area contributed by atoms with Crippen molar-refractivity contribution in [2.45, 2.75) is 19.4 Å². The van der Waals surface area contributed by atoms with Crippen molar-refractivity contribution in [1.82, 2.24) is 4.90 Å². The molecule has 0 aliphatic rings. The molecular weight excluding hydrogens is 312 g/mol. The van der Waals surface area contributed by atoms with Crippen LogP contribution in [-0.4, -0.2) is 35.9 Å². The number of rotatable bonds is 5. The van der Waals surface area contributed by atoms with Gasteiger partial charge in [-0.15, -0.1) is 0 Å². The van der Waals surface area contributed by atoms with Crippen molar-refractivity contribution < 1.29 is 4.79 Å². The minimum absolute atomic E-state index is 0.00933. The molecule has 2 N–H and O–H groups in total. The average Bonchev–Trinajstić information content (AvgIpc) is 2.37. The van der Waals surface area contributed by atoms with Gasteiger partial charge in [0.1, 0.15) is 0 Å². The molecule has 1 aromatic rings. The summed E-state index contributed by atoms with van der Waals surface area (Å²) in [5.74, 6) is 0.952. The Morgan fingerprint density at radius 3 is 2.78 bits per heavy atom. The fourth-order valence-electron chi connectivity index (χ4n) is 1.77. The Morgan fingerprint density at radius 2 is 2.22 bits per heavy atom. The fourth-order valence-corrected chi connectivity index (χ4v) is 3.04. The number of halogens is 1. The minimum atomic E-state index is 0.00933. The first-order chi connectivity index (χ1) is 8.52. The number of hydrogen-bond acceptors (Lipinski definition) is 3. The van der Waals surface area contributed by atoms with E-state index in [1.165, 1.54) is 0 Å². The smallest absolute Gasteiger partial charge is 0.255 e. The summed E-state index contributed by atoms with van der Waals surface area (Å²) in [6, 6.07) is 5.63. The third kappa shape index (κ3) is 3.42. The first-order valence-electron chi connectivity index (χ1n) is 5.83. The molecule has 3 nitrogen and oxygen atoms in total. The van der Waals surface area contributed by atoms with Gasteiger partial charge in [0, 0.05) is 24.5 Å². The lowest BCUT2D eigenvalue weighted by Crippen LogP contribution is -2.38. The van der Waals surface area contributed by atoms with Crippen LogP contribution in [0.4, 0.5) is 5.69 Å². The Kier molecular flexibility index (Phi) is 6.02. The van der Waals surface area contributed by atoms with Gasteiger partial charge in [-0.05, 0) is 40.7 Å². The van der Waals surface area contributed by atoms with Crippen LogP contribution in [0.2, 0.25) is 0 Å². The maximum Gasteiger partial charge on any atom is 0.255 e. The van der Waals surface area contributed by atoms with E-state index in [9.17, 15) is 4.79 Å². The lowest BCUT2D eigenvalue weighted by atomic mass is 10.1. The molecule has 0 aliphatic carbocycles. The molecule has 0 saturated heterocycles. The van der Waals surface area contributed by atoms with Gasteiger partial charge in [-0.25, -0.2) is 0 Å². The molecule has 0 spiro atoms. The average molecular weight is 331 g/mol. The Balaban J connectivity index is 2.95. The van der Waals surface area contributed by atoms with E-state index < -0.39 is 0 Å². The van der Waals surface area contributed by atoms with Crippen LogP contribution in [-0.2, 0) is 0 Å². The maximum atomic E-state index is 12.4. The Hall–Kier alpha value is -0.680. The number of nitrogens with zero attached hydrogens (tertiary/aromatic N) is 1. The molecule has 0 radical (unpaired) electrons. The van der Waals surface area contributed by atoms with Crippen LogP contribution in [0.5, 0.6) is 0 Å². The van der Waals surface area contributed by atoms with Crippen molar-refractivity contribution in [1.29, 1.82) is 0 Å². The summed E-state index contributed by atoms with van der Waals surface area (Å²) in [5.41, 5.74) is 7.02. The third-order valence-corrected chi connectivity index (χ3v) is 4.56. The van der Waals surface area contributed by atoms with E-state index in [-0.39, 0.29) is 11.9 Å². The summed E-state index contributed by atoms with van der Waals surface area (Å²) in [6.07, 6.45) is 3.00. The van der Waals surface area contributed by atoms with E-state index >= 15 is 0 Å². The van der Waals surface area contributed by atoms with Gasteiger partial charge in [-0.3, -0.25) is 4.79 Å². The van der Waals surface area contributed by atoms with E-state index in [1.807, 2.05) is 7.05 Å². The van der Waals surface area contributed by atoms with E-state index in [4.69, 9.17) is 5.73 Å². The van der Waals surface area contributed by atoms with Crippen molar-refractivity contribution in [3.05, 3.63) is 28.2 Å². The summed E-state index contributed by atoms with van der Waals surface area (Å²) >= 11 is 5.13. The van der Waals surface area contributed by atoms with E-state index in [2.05, 4.69) is 29.1 Å². The van der Waals surface area contributed by atoms with Crippen LogP contribution in [0.15, 0.2) is 22.7 Å². The second-order valence-corrected chi connectivity index (χ2v) is 5.85. The van der Waals surface area contributed by atoms with Crippen LogP contribution in [0.25, 0.3) is 0 Å². The van der Waals surface area contributed by atoms with Gasteiger partial charge in [0.05, 0.1) is 10.0 Å². The molecule has 1 aromatic carbocycles. The molecule has 0 heterocycles. The first kappa shape index (κ1) is 15.4. The standard InChI is InChI=1S/C13H19BrN2OS/c1-4-9(8-18-3)16(2)13(17)10-6-5-7-11(15)12(10)14/h5-7,9H,4,8,15H2,1-3H3. The molecular formula is C13H19BrN2OS. The Bertz CT molecular complexity index is 425. The molecule has 0 saturated carbocycles. The summed E-state index contributed by atoms with van der Waals surface area (Å²) in [4.78, 5) is 14.2. The Labute approximate surface area is 121 Å². The first-order valence-corrected chi connectivity index (χ1v) is 8.01. The largest absolute Gasteiger partial charge is 0.398 e.